The number of para-hydroxylation sites is 1. The minimum atomic E-state index is 0.506. The fourth-order valence-electron chi connectivity index (χ4n) is 2.82. The Morgan fingerprint density at radius 2 is 1.78 bits per heavy atom. The molecule has 0 radical (unpaired) electrons. The molecule has 1 aromatic heterocycles. The summed E-state index contributed by atoms with van der Waals surface area (Å²) in [7, 11) is 0. The second kappa shape index (κ2) is 3.66. The monoisotopic (exact) mass is 251 g/mol. The van der Waals surface area contributed by atoms with E-state index in [1.807, 2.05) is 11.8 Å². The summed E-state index contributed by atoms with van der Waals surface area (Å²) in [5.74, 6) is 0. The number of hydrogen-bond donors (Lipinski definition) is 1. The lowest BCUT2D eigenvalue weighted by Crippen LogP contribution is -1.98. The van der Waals surface area contributed by atoms with Crippen molar-refractivity contribution >= 4 is 22.7 Å². The van der Waals surface area contributed by atoms with Gasteiger partial charge in [0.2, 0.25) is 0 Å². The van der Waals surface area contributed by atoms with Crippen LogP contribution in [0, 0.1) is 0 Å². The molecule has 0 bridgehead atoms. The lowest BCUT2D eigenvalue weighted by atomic mass is 10.0. The van der Waals surface area contributed by atoms with Crippen LogP contribution in [0.2, 0.25) is 0 Å². The van der Waals surface area contributed by atoms with Gasteiger partial charge >= 0.3 is 0 Å². The molecule has 3 aromatic rings. The normalized spacial score (nSPS) is 17.5. The highest BCUT2D eigenvalue weighted by Crippen LogP contribution is 2.50. The number of rotatable bonds is 0. The Bertz CT molecular complexity index is 742. The van der Waals surface area contributed by atoms with Gasteiger partial charge in [0.25, 0.3) is 0 Å². The number of aromatic nitrogens is 1. The van der Waals surface area contributed by atoms with Crippen LogP contribution in [0.5, 0.6) is 0 Å². The van der Waals surface area contributed by atoms with E-state index >= 15 is 0 Å². The molecule has 2 aromatic carbocycles. The summed E-state index contributed by atoms with van der Waals surface area (Å²) in [5.41, 5.74) is 5.34. The molecule has 2 heteroatoms. The van der Waals surface area contributed by atoms with Crippen LogP contribution in [0.4, 0.5) is 0 Å². The van der Waals surface area contributed by atoms with Crippen molar-refractivity contribution in [3.8, 4) is 11.3 Å². The minimum Gasteiger partial charge on any atom is -0.354 e. The largest absolute Gasteiger partial charge is 0.354 e. The molecule has 0 aliphatic carbocycles. The summed E-state index contributed by atoms with van der Waals surface area (Å²) >= 11 is 1.95. The molecule has 1 aliphatic rings. The molecule has 88 valence electrons. The number of aromatic amines is 1. The molecule has 0 saturated heterocycles. The number of nitrogens with one attached hydrogen (secondary N) is 1. The number of benzene rings is 2. The van der Waals surface area contributed by atoms with Crippen molar-refractivity contribution in [1.82, 2.24) is 4.98 Å². The number of hydrogen-bond acceptors (Lipinski definition) is 1. The van der Waals surface area contributed by atoms with Crippen LogP contribution in [0.25, 0.3) is 22.2 Å². The molecule has 0 spiro atoms. The molecular formula is C16H13NS. The van der Waals surface area contributed by atoms with Gasteiger partial charge in [0, 0.05) is 26.6 Å². The van der Waals surface area contributed by atoms with E-state index in [1.165, 1.54) is 32.6 Å². The van der Waals surface area contributed by atoms with Crippen LogP contribution in [-0.2, 0) is 0 Å². The van der Waals surface area contributed by atoms with Crippen LogP contribution in [0.1, 0.15) is 17.7 Å². The van der Waals surface area contributed by atoms with Crippen molar-refractivity contribution in [1.29, 1.82) is 0 Å². The summed E-state index contributed by atoms with van der Waals surface area (Å²) in [6.45, 7) is 2.29. The number of thioether (sulfide) groups is 1. The van der Waals surface area contributed by atoms with Gasteiger partial charge in [-0.25, -0.2) is 0 Å². The average molecular weight is 251 g/mol. The molecule has 0 saturated carbocycles. The zero-order chi connectivity index (χ0) is 12.1. The third kappa shape index (κ3) is 1.30. The zero-order valence-corrected chi connectivity index (χ0v) is 10.9. The van der Waals surface area contributed by atoms with Crippen molar-refractivity contribution in [3.05, 3.63) is 54.1 Å². The first-order chi connectivity index (χ1) is 8.84. The second-order valence-corrected chi connectivity index (χ2v) is 6.10. The van der Waals surface area contributed by atoms with Crippen LogP contribution >= 0.6 is 11.8 Å². The maximum absolute atomic E-state index is 3.59. The van der Waals surface area contributed by atoms with Gasteiger partial charge in [-0.3, -0.25) is 0 Å². The van der Waals surface area contributed by atoms with E-state index in [9.17, 15) is 0 Å². The van der Waals surface area contributed by atoms with E-state index in [4.69, 9.17) is 0 Å². The Morgan fingerprint density at radius 1 is 1.00 bits per heavy atom. The smallest absolute Gasteiger partial charge is 0.0520 e. The van der Waals surface area contributed by atoms with Gasteiger partial charge < -0.3 is 4.98 Å². The minimum absolute atomic E-state index is 0.506. The fraction of sp³-hybridized carbons (Fsp3) is 0.125. The zero-order valence-electron chi connectivity index (χ0n) is 10.1. The first-order valence-corrected chi connectivity index (χ1v) is 7.09. The SMILES string of the molecule is C[C@@H]1Sc2ccccc2-c2[nH]c3ccccc3c21. The molecule has 0 fully saturated rings. The fourth-order valence-corrected chi connectivity index (χ4v) is 4.02. The van der Waals surface area contributed by atoms with Crippen LogP contribution in [0.15, 0.2) is 53.4 Å². The topological polar surface area (TPSA) is 15.8 Å². The van der Waals surface area contributed by atoms with Crippen LogP contribution in [-0.4, -0.2) is 4.98 Å². The van der Waals surface area contributed by atoms with Gasteiger partial charge in [-0.1, -0.05) is 36.4 Å². The summed E-state index contributed by atoms with van der Waals surface area (Å²) in [6, 6.07) is 17.2. The third-order valence-electron chi connectivity index (χ3n) is 3.61. The molecule has 1 nitrogen and oxygen atoms in total. The van der Waals surface area contributed by atoms with Crippen molar-refractivity contribution in [2.75, 3.05) is 0 Å². The first kappa shape index (κ1) is 10.3. The highest BCUT2D eigenvalue weighted by molar-refractivity contribution is 7.99. The van der Waals surface area contributed by atoms with Gasteiger partial charge in [-0.2, -0.15) is 0 Å². The van der Waals surface area contributed by atoms with E-state index in [2.05, 4.69) is 60.4 Å². The van der Waals surface area contributed by atoms with Crippen molar-refractivity contribution in [2.24, 2.45) is 0 Å². The predicted octanol–water partition coefficient (Wildman–Crippen LogP) is 5.00. The molecule has 2 heterocycles. The standard InChI is InChI=1S/C16H13NS/c1-10-15-11-6-2-4-8-13(11)17-16(15)12-7-3-5-9-14(12)18-10/h2-10,17H,1H3/t10-/m0/s1. The van der Waals surface area contributed by atoms with E-state index in [1.54, 1.807) is 0 Å². The second-order valence-electron chi connectivity index (χ2n) is 4.72. The van der Waals surface area contributed by atoms with Gasteiger partial charge in [-0.05, 0) is 24.6 Å². The van der Waals surface area contributed by atoms with E-state index in [0.29, 0.717) is 5.25 Å². The highest BCUT2D eigenvalue weighted by atomic mass is 32.2. The first-order valence-electron chi connectivity index (χ1n) is 6.21. The van der Waals surface area contributed by atoms with Gasteiger partial charge in [0.1, 0.15) is 0 Å². The molecular weight excluding hydrogens is 238 g/mol. The summed E-state index contributed by atoms with van der Waals surface area (Å²) in [5, 5.41) is 1.87. The molecule has 1 aliphatic heterocycles. The highest BCUT2D eigenvalue weighted by Gasteiger charge is 2.25. The van der Waals surface area contributed by atoms with Crippen molar-refractivity contribution in [2.45, 2.75) is 17.1 Å². The molecule has 0 amide bonds. The lowest BCUT2D eigenvalue weighted by molar-refractivity contribution is 1.09. The Labute approximate surface area is 110 Å². The molecule has 18 heavy (non-hydrogen) atoms. The maximum atomic E-state index is 3.59. The van der Waals surface area contributed by atoms with Crippen molar-refractivity contribution < 1.29 is 0 Å². The maximum Gasteiger partial charge on any atom is 0.0520 e. The molecule has 1 atom stereocenters. The van der Waals surface area contributed by atoms with Crippen LogP contribution < -0.4 is 0 Å². The Morgan fingerprint density at radius 3 is 2.72 bits per heavy atom. The molecule has 4 rings (SSSR count). The molecule has 1 N–H and O–H groups in total. The summed E-state index contributed by atoms with van der Waals surface area (Å²) in [4.78, 5) is 4.97. The number of fused-ring (bicyclic) bond motifs is 5. The van der Waals surface area contributed by atoms with Crippen molar-refractivity contribution in [3.63, 3.8) is 0 Å². The Hall–Kier alpha value is -1.67. The lowest BCUT2D eigenvalue weighted by Gasteiger charge is -2.21. The van der Waals surface area contributed by atoms with E-state index in [-0.39, 0.29) is 0 Å². The van der Waals surface area contributed by atoms with Gasteiger partial charge in [0.05, 0.1) is 5.69 Å². The Balaban J connectivity index is 2.12. The third-order valence-corrected chi connectivity index (χ3v) is 4.81. The van der Waals surface area contributed by atoms with Gasteiger partial charge in [0.15, 0.2) is 0 Å². The van der Waals surface area contributed by atoms with Gasteiger partial charge in [-0.15, -0.1) is 11.8 Å². The molecule has 0 unspecified atom stereocenters. The van der Waals surface area contributed by atoms with E-state index < -0.39 is 0 Å². The van der Waals surface area contributed by atoms with E-state index in [0.717, 1.165) is 0 Å². The summed E-state index contributed by atoms with van der Waals surface area (Å²) in [6.07, 6.45) is 0. The summed E-state index contributed by atoms with van der Waals surface area (Å²) < 4.78 is 0. The quantitative estimate of drug-likeness (QED) is 0.594. The van der Waals surface area contributed by atoms with Crippen LogP contribution in [0.3, 0.4) is 0 Å². The average Bonchev–Trinajstić information content (AvgIpc) is 2.79. The predicted molar refractivity (Wildman–Crippen MR) is 78.0 cm³/mol. The Kier molecular flexibility index (Phi) is 2.09. The number of H-pyrrole nitrogens is 1.